The van der Waals surface area contributed by atoms with Gasteiger partial charge in [-0.05, 0) is 49.8 Å². The Labute approximate surface area is 204 Å². The van der Waals surface area contributed by atoms with Crippen molar-refractivity contribution in [2.24, 2.45) is 5.92 Å². The van der Waals surface area contributed by atoms with Gasteiger partial charge in [0.2, 0.25) is 0 Å². The Bertz CT molecular complexity index is 1070. The summed E-state index contributed by atoms with van der Waals surface area (Å²) in [7, 11) is 0. The van der Waals surface area contributed by atoms with Crippen LogP contribution in [0.25, 0.3) is 0 Å². The van der Waals surface area contributed by atoms with E-state index in [4.69, 9.17) is 0 Å². The number of carbonyl (C=O) groups is 2. The fraction of sp³-hybridized carbons (Fsp3) is 0.480. The fourth-order valence-corrected chi connectivity index (χ4v) is 4.80. The van der Waals surface area contributed by atoms with E-state index in [0.717, 1.165) is 38.0 Å². The first kappa shape index (κ1) is 24.6. The largest absolute Gasteiger partial charge is 0.380 e. The molecule has 3 heterocycles. The number of benzene rings is 1. The highest BCUT2D eigenvalue weighted by Crippen LogP contribution is 2.30. The number of nitrogens with zero attached hydrogens (tertiary/aromatic N) is 5. The molecule has 0 saturated carbocycles. The number of aromatic nitrogens is 2. The second-order valence-electron chi connectivity index (χ2n) is 8.99. The van der Waals surface area contributed by atoms with Crippen LogP contribution in [-0.4, -0.2) is 75.3 Å². The summed E-state index contributed by atoms with van der Waals surface area (Å²) in [5, 5.41) is 32.8. The Kier molecular flexibility index (Phi) is 7.90. The zero-order chi connectivity index (χ0) is 24.8. The van der Waals surface area contributed by atoms with Crippen molar-refractivity contribution in [2.45, 2.75) is 43.9 Å². The summed E-state index contributed by atoms with van der Waals surface area (Å²) in [5.74, 6) is -0.794. The van der Waals surface area contributed by atoms with E-state index >= 15 is 0 Å². The first-order chi connectivity index (χ1) is 17.0. The summed E-state index contributed by atoms with van der Waals surface area (Å²) in [4.78, 5) is 37.4. The molecule has 0 aliphatic carbocycles. The number of hydrogen-bond acceptors (Lipinski definition) is 8. The normalized spacial score (nSPS) is 20.2. The second kappa shape index (κ2) is 11.3. The van der Waals surface area contributed by atoms with E-state index in [9.17, 15) is 25.1 Å². The number of aliphatic hydroxyl groups excluding tert-OH is 2. The van der Waals surface area contributed by atoms with Crippen LogP contribution in [0.3, 0.4) is 0 Å². The molecule has 2 amide bonds. The molecular formula is C25H30N6O4. The number of piperidine rings is 1. The number of nitriles is 1. The summed E-state index contributed by atoms with van der Waals surface area (Å²) in [5.41, 5.74) is 1.55. The number of nitrogens with one attached hydrogen (secondary N) is 1. The van der Waals surface area contributed by atoms with Crippen LogP contribution in [0.1, 0.15) is 43.1 Å². The summed E-state index contributed by atoms with van der Waals surface area (Å²) >= 11 is 0. The van der Waals surface area contributed by atoms with Gasteiger partial charge in [0.1, 0.15) is 6.07 Å². The van der Waals surface area contributed by atoms with Crippen LogP contribution in [-0.2, 0) is 9.59 Å². The van der Waals surface area contributed by atoms with Gasteiger partial charge >= 0.3 is 0 Å². The molecule has 3 N–H and O–H groups in total. The molecule has 1 aromatic carbocycles. The number of amides is 2. The van der Waals surface area contributed by atoms with Crippen LogP contribution < -0.4 is 10.2 Å². The highest BCUT2D eigenvalue weighted by atomic mass is 16.3. The van der Waals surface area contributed by atoms with E-state index in [1.54, 1.807) is 24.5 Å². The van der Waals surface area contributed by atoms with Crippen molar-refractivity contribution in [3.05, 3.63) is 54.1 Å². The first-order valence-electron chi connectivity index (χ1n) is 11.9. The monoisotopic (exact) mass is 478 g/mol. The highest BCUT2D eigenvalue weighted by molar-refractivity contribution is 5.91. The van der Waals surface area contributed by atoms with Crippen LogP contribution in [0.2, 0.25) is 0 Å². The average Bonchev–Trinajstić information content (AvgIpc) is 3.41. The van der Waals surface area contributed by atoms with Crippen LogP contribution in [0, 0.1) is 17.2 Å². The van der Waals surface area contributed by atoms with Gasteiger partial charge in [0, 0.05) is 38.6 Å². The molecule has 2 aromatic rings. The third-order valence-electron chi connectivity index (χ3n) is 6.79. The summed E-state index contributed by atoms with van der Waals surface area (Å²) in [6.07, 6.45) is 2.47. The van der Waals surface area contributed by atoms with Gasteiger partial charge in [-0.25, -0.2) is 9.97 Å². The molecule has 35 heavy (non-hydrogen) atoms. The SMILES string of the molecule is N#Cc1ccccc1N1CCC(CNC(=O)C(O)[C@@H](O)C(=O)N2CCC[C@@H]2c2ncccn2)CC1. The predicted octanol–water partition coefficient (Wildman–Crippen LogP) is 0.766. The molecule has 10 nitrogen and oxygen atoms in total. The lowest BCUT2D eigenvalue weighted by molar-refractivity contribution is -0.154. The Morgan fingerprint density at radius 2 is 1.77 bits per heavy atom. The van der Waals surface area contributed by atoms with Gasteiger partial charge in [-0.2, -0.15) is 5.26 Å². The van der Waals surface area contributed by atoms with Crippen molar-refractivity contribution < 1.29 is 19.8 Å². The molecule has 0 radical (unpaired) electrons. The lowest BCUT2D eigenvalue weighted by Crippen LogP contribution is -2.51. The van der Waals surface area contributed by atoms with E-state index in [0.29, 0.717) is 30.9 Å². The summed E-state index contributed by atoms with van der Waals surface area (Å²) in [6.45, 7) is 2.25. The number of hydrogen-bond donors (Lipinski definition) is 3. The van der Waals surface area contributed by atoms with E-state index in [2.05, 4.69) is 26.3 Å². The predicted molar refractivity (Wildman–Crippen MR) is 127 cm³/mol. The van der Waals surface area contributed by atoms with E-state index in [1.807, 2.05) is 18.2 Å². The minimum Gasteiger partial charge on any atom is -0.380 e. The Balaban J connectivity index is 1.26. The zero-order valence-electron chi connectivity index (χ0n) is 19.5. The van der Waals surface area contributed by atoms with Crippen molar-refractivity contribution in [3.63, 3.8) is 0 Å². The standard InChI is InChI=1S/C25H30N6O4/c26-15-18-5-1-2-6-19(18)30-13-8-17(9-14-30)16-29-24(34)21(32)22(33)25(35)31-12-3-7-20(31)23-27-10-4-11-28-23/h1-2,4-6,10-11,17,20-22,32-33H,3,7-9,12-14,16H2,(H,29,34)/t20-,21?,22-/m1/s1. The fourth-order valence-electron chi connectivity index (χ4n) is 4.80. The van der Waals surface area contributed by atoms with Crippen molar-refractivity contribution in [1.82, 2.24) is 20.2 Å². The molecule has 1 aromatic heterocycles. The molecule has 2 aliphatic rings. The van der Waals surface area contributed by atoms with Crippen molar-refractivity contribution >= 4 is 17.5 Å². The molecule has 1 unspecified atom stereocenters. The highest BCUT2D eigenvalue weighted by Gasteiger charge is 2.39. The smallest absolute Gasteiger partial charge is 0.255 e. The third kappa shape index (κ3) is 5.58. The maximum Gasteiger partial charge on any atom is 0.255 e. The number of aliphatic hydroxyl groups is 2. The second-order valence-corrected chi connectivity index (χ2v) is 8.99. The zero-order valence-corrected chi connectivity index (χ0v) is 19.5. The van der Waals surface area contributed by atoms with Gasteiger partial charge in [0.15, 0.2) is 18.0 Å². The Hall–Kier alpha value is -3.55. The maximum absolute atomic E-state index is 12.9. The molecule has 2 saturated heterocycles. The van der Waals surface area contributed by atoms with E-state index < -0.39 is 24.0 Å². The number of carbonyl (C=O) groups excluding carboxylic acids is 2. The van der Waals surface area contributed by atoms with Crippen LogP contribution in [0.15, 0.2) is 42.7 Å². The van der Waals surface area contributed by atoms with Crippen LogP contribution >= 0.6 is 0 Å². The third-order valence-corrected chi connectivity index (χ3v) is 6.79. The summed E-state index contributed by atoms with van der Waals surface area (Å²) in [6, 6.07) is 11.0. The number of likely N-dealkylation sites (tertiary alicyclic amines) is 1. The number of rotatable bonds is 7. The molecule has 0 bridgehead atoms. The first-order valence-corrected chi connectivity index (χ1v) is 11.9. The van der Waals surface area contributed by atoms with Gasteiger partial charge < -0.3 is 25.3 Å². The lowest BCUT2D eigenvalue weighted by Gasteiger charge is -2.34. The molecule has 10 heteroatoms. The number of para-hydroxylation sites is 1. The quantitative estimate of drug-likeness (QED) is 0.530. The van der Waals surface area contributed by atoms with Crippen molar-refractivity contribution in [3.8, 4) is 6.07 Å². The van der Waals surface area contributed by atoms with Gasteiger partial charge in [0.25, 0.3) is 11.8 Å². The van der Waals surface area contributed by atoms with Crippen molar-refractivity contribution in [1.29, 1.82) is 5.26 Å². The lowest BCUT2D eigenvalue weighted by atomic mass is 9.95. The molecular weight excluding hydrogens is 448 g/mol. The maximum atomic E-state index is 12.9. The molecule has 4 rings (SSSR count). The van der Waals surface area contributed by atoms with Crippen LogP contribution in [0.4, 0.5) is 5.69 Å². The van der Waals surface area contributed by atoms with Gasteiger partial charge in [0.05, 0.1) is 17.3 Å². The van der Waals surface area contributed by atoms with Gasteiger partial charge in [-0.15, -0.1) is 0 Å². The molecule has 3 atom stereocenters. The minimum atomic E-state index is -1.86. The Morgan fingerprint density at radius 1 is 1.06 bits per heavy atom. The molecule has 2 fully saturated rings. The minimum absolute atomic E-state index is 0.197. The van der Waals surface area contributed by atoms with Crippen molar-refractivity contribution in [2.75, 3.05) is 31.1 Å². The van der Waals surface area contributed by atoms with Gasteiger partial charge in [-0.1, -0.05) is 12.1 Å². The van der Waals surface area contributed by atoms with E-state index in [1.165, 1.54) is 4.90 Å². The summed E-state index contributed by atoms with van der Waals surface area (Å²) < 4.78 is 0. The topological polar surface area (TPSA) is 143 Å². The van der Waals surface area contributed by atoms with E-state index in [-0.39, 0.29) is 12.0 Å². The average molecular weight is 479 g/mol. The molecule has 184 valence electrons. The molecule has 2 aliphatic heterocycles. The van der Waals surface area contributed by atoms with Gasteiger partial charge in [-0.3, -0.25) is 9.59 Å². The Morgan fingerprint density at radius 3 is 2.49 bits per heavy atom. The molecule has 0 spiro atoms. The van der Waals surface area contributed by atoms with Crippen LogP contribution in [0.5, 0.6) is 0 Å². The number of anilines is 1.